The SMILES string of the molecule is CC/C=C\C/C=C\C/C=C\CCCCCC(=O)NC(CO)C(O)CCCCCCCCCCCCCCCCCCCCC. The third-order valence-corrected chi connectivity index (χ3v) is 8.67. The van der Waals surface area contributed by atoms with Gasteiger partial charge in [0.25, 0.3) is 0 Å². The molecule has 2 atom stereocenters. The fourth-order valence-electron chi connectivity index (χ4n) is 5.73. The molecule has 0 radical (unpaired) electrons. The molecule has 0 aliphatic carbocycles. The van der Waals surface area contributed by atoms with Crippen LogP contribution in [0.1, 0.15) is 194 Å². The quantitative estimate of drug-likeness (QED) is 0.0497. The molecule has 0 saturated heterocycles. The third kappa shape index (κ3) is 32.0. The molecular formula is C40H75NO3. The predicted octanol–water partition coefficient (Wildman–Crippen LogP) is 11.5. The van der Waals surface area contributed by atoms with E-state index < -0.39 is 12.1 Å². The van der Waals surface area contributed by atoms with Gasteiger partial charge in [-0.05, 0) is 44.9 Å². The van der Waals surface area contributed by atoms with Crippen molar-refractivity contribution in [2.24, 2.45) is 0 Å². The van der Waals surface area contributed by atoms with Gasteiger partial charge in [0.15, 0.2) is 0 Å². The van der Waals surface area contributed by atoms with Crippen LogP contribution >= 0.6 is 0 Å². The summed E-state index contributed by atoms with van der Waals surface area (Å²) in [5, 5.41) is 23.0. The Bertz CT molecular complexity index is 672. The van der Waals surface area contributed by atoms with Crippen LogP contribution in [0.4, 0.5) is 0 Å². The van der Waals surface area contributed by atoms with E-state index in [0.29, 0.717) is 12.8 Å². The number of unbranched alkanes of at least 4 members (excludes halogenated alkanes) is 21. The number of rotatable bonds is 34. The molecule has 4 heteroatoms. The topological polar surface area (TPSA) is 69.6 Å². The van der Waals surface area contributed by atoms with E-state index in [1.807, 2.05) is 0 Å². The number of carbonyl (C=O) groups excluding carboxylic acids is 1. The molecule has 4 nitrogen and oxygen atoms in total. The lowest BCUT2D eigenvalue weighted by Crippen LogP contribution is -2.45. The Labute approximate surface area is 274 Å². The molecule has 0 fully saturated rings. The maximum atomic E-state index is 12.3. The lowest BCUT2D eigenvalue weighted by Gasteiger charge is -2.22. The van der Waals surface area contributed by atoms with Crippen LogP contribution in [-0.2, 0) is 4.79 Å². The van der Waals surface area contributed by atoms with Crippen LogP contribution in [0.5, 0.6) is 0 Å². The number of aliphatic hydroxyl groups is 2. The normalized spacial score (nSPS) is 13.5. The monoisotopic (exact) mass is 618 g/mol. The summed E-state index contributed by atoms with van der Waals surface area (Å²) in [5.74, 6) is -0.0610. The number of hydrogen-bond acceptors (Lipinski definition) is 3. The van der Waals surface area contributed by atoms with Crippen LogP contribution in [0.2, 0.25) is 0 Å². The van der Waals surface area contributed by atoms with E-state index in [-0.39, 0.29) is 12.5 Å². The van der Waals surface area contributed by atoms with E-state index in [1.165, 1.54) is 109 Å². The zero-order valence-corrected chi connectivity index (χ0v) is 29.4. The molecule has 0 aliphatic rings. The van der Waals surface area contributed by atoms with E-state index in [0.717, 1.165) is 57.8 Å². The minimum absolute atomic E-state index is 0.0610. The molecule has 0 saturated carbocycles. The van der Waals surface area contributed by atoms with Crippen molar-refractivity contribution in [2.75, 3.05) is 6.61 Å². The van der Waals surface area contributed by atoms with Crippen molar-refractivity contribution in [3.8, 4) is 0 Å². The zero-order chi connectivity index (χ0) is 32.2. The fraction of sp³-hybridized carbons (Fsp3) is 0.825. The van der Waals surface area contributed by atoms with Gasteiger partial charge >= 0.3 is 0 Å². The highest BCUT2D eigenvalue weighted by molar-refractivity contribution is 5.76. The molecule has 0 aromatic rings. The molecule has 0 spiro atoms. The molecule has 1 amide bonds. The standard InChI is InChI=1S/C40H75NO3/c1-3-5-7-9-11-13-15-17-18-19-20-21-22-24-25-27-29-31-33-35-39(43)38(37-42)41-40(44)36-34-32-30-28-26-23-16-14-12-10-8-6-4-2/h6,8,12,14,23,26,38-39,42-43H,3-5,7,9-11,13,15-22,24-25,27-37H2,1-2H3,(H,41,44)/b8-6-,14-12-,26-23-. The predicted molar refractivity (Wildman–Crippen MR) is 193 cm³/mol. The number of allylic oxidation sites excluding steroid dienone is 6. The number of amides is 1. The summed E-state index contributed by atoms with van der Waals surface area (Å²) in [6.45, 7) is 4.23. The summed E-state index contributed by atoms with van der Waals surface area (Å²) >= 11 is 0. The lowest BCUT2D eigenvalue weighted by atomic mass is 10.0. The highest BCUT2D eigenvalue weighted by Crippen LogP contribution is 2.15. The highest BCUT2D eigenvalue weighted by atomic mass is 16.3. The Morgan fingerprint density at radius 3 is 1.48 bits per heavy atom. The highest BCUT2D eigenvalue weighted by Gasteiger charge is 2.19. The number of carbonyl (C=O) groups is 1. The van der Waals surface area contributed by atoms with E-state index in [1.54, 1.807) is 0 Å². The molecule has 0 aromatic heterocycles. The summed E-state index contributed by atoms with van der Waals surface area (Å²) in [6.07, 6.45) is 46.4. The first-order valence-corrected chi connectivity index (χ1v) is 19.2. The van der Waals surface area contributed by atoms with Gasteiger partial charge in [0.05, 0.1) is 18.8 Å². The number of nitrogens with one attached hydrogen (secondary N) is 1. The maximum Gasteiger partial charge on any atom is 0.220 e. The van der Waals surface area contributed by atoms with Crippen LogP contribution < -0.4 is 5.32 Å². The Balaban J connectivity index is 3.57. The van der Waals surface area contributed by atoms with Crippen LogP contribution in [0.15, 0.2) is 36.5 Å². The smallest absolute Gasteiger partial charge is 0.220 e. The molecule has 0 heterocycles. The molecule has 3 N–H and O–H groups in total. The van der Waals surface area contributed by atoms with Crippen molar-refractivity contribution in [3.05, 3.63) is 36.5 Å². The molecule has 44 heavy (non-hydrogen) atoms. The van der Waals surface area contributed by atoms with Crippen molar-refractivity contribution in [1.29, 1.82) is 0 Å². The molecule has 0 bridgehead atoms. The van der Waals surface area contributed by atoms with Crippen molar-refractivity contribution >= 4 is 5.91 Å². The van der Waals surface area contributed by atoms with Gasteiger partial charge in [-0.2, -0.15) is 0 Å². The molecule has 0 aliphatic heterocycles. The van der Waals surface area contributed by atoms with Crippen LogP contribution in [0.3, 0.4) is 0 Å². The minimum atomic E-state index is -0.670. The van der Waals surface area contributed by atoms with Crippen molar-refractivity contribution in [1.82, 2.24) is 5.32 Å². The summed E-state index contributed by atoms with van der Waals surface area (Å²) < 4.78 is 0. The van der Waals surface area contributed by atoms with E-state index in [4.69, 9.17) is 0 Å². The first-order valence-electron chi connectivity index (χ1n) is 19.2. The molecular weight excluding hydrogens is 542 g/mol. The third-order valence-electron chi connectivity index (χ3n) is 8.67. The van der Waals surface area contributed by atoms with Crippen LogP contribution in [0, 0.1) is 0 Å². The van der Waals surface area contributed by atoms with Crippen molar-refractivity contribution < 1.29 is 15.0 Å². The van der Waals surface area contributed by atoms with Gasteiger partial charge in [0, 0.05) is 6.42 Å². The average Bonchev–Trinajstić information content (AvgIpc) is 3.03. The molecule has 0 aromatic carbocycles. The maximum absolute atomic E-state index is 12.3. The fourth-order valence-corrected chi connectivity index (χ4v) is 5.73. The van der Waals surface area contributed by atoms with Gasteiger partial charge < -0.3 is 15.5 Å². The van der Waals surface area contributed by atoms with Gasteiger partial charge in [-0.25, -0.2) is 0 Å². The van der Waals surface area contributed by atoms with E-state index in [9.17, 15) is 15.0 Å². The Morgan fingerprint density at radius 2 is 1.00 bits per heavy atom. The lowest BCUT2D eigenvalue weighted by molar-refractivity contribution is -0.123. The first kappa shape index (κ1) is 42.6. The largest absolute Gasteiger partial charge is 0.394 e. The van der Waals surface area contributed by atoms with Gasteiger partial charge in [-0.15, -0.1) is 0 Å². The van der Waals surface area contributed by atoms with Gasteiger partial charge in [0.1, 0.15) is 0 Å². The van der Waals surface area contributed by atoms with Gasteiger partial charge in [0.2, 0.25) is 5.91 Å². The summed E-state index contributed by atoms with van der Waals surface area (Å²) in [6, 6.07) is -0.550. The molecule has 2 unspecified atom stereocenters. The Morgan fingerprint density at radius 1 is 0.568 bits per heavy atom. The second-order valence-electron chi connectivity index (χ2n) is 13.0. The molecule has 258 valence electrons. The van der Waals surface area contributed by atoms with Crippen molar-refractivity contribution in [3.63, 3.8) is 0 Å². The minimum Gasteiger partial charge on any atom is -0.394 e. The van der Waals surface area contributed by atoms with Crippen LogP contribution in [-0.4, -0.2) is 34.9 Å². The Hall–Kier alpha value is -1.39. The van der Waals surface area contributed by atoms with Crippen molar-refractivity contribution in [2.45, 2.75) is 206 Å². The van der Waals surface area contributed by atoms with E-state index >= 15 is 0 Å². The summed E-state index contributed by atoms with van der Waals surface area (Å²) in [7, 11) is 0. The Kier molecular flexibility index (Phi) is 34.9. The van der Waals surface area contributed by atoms with Crippen LogP contribution in [0.25, 0.3) is 0 Å². The second kappa shape index (κ2) is 36.1. The first-order chi connectivity index (χ1) is 21.7. The van der Waals surface area contributed by atoms with Gasteiger partial charge in [-0.1, -0.05) is 179 Å². The second-order valence-corrected chi connectivity index (χ2v) is 13.0. The average molecular weight is 618 g/mol. The number of aliphatic hydroxyl groups excluding tert-OH is 2. The summed E-state index contributed by atoms with van der Waals surface area (Å²) in [4.78, 5) is 12.3. The summed E-state index contributed by atoms with van der Waals surface area (Å²) in [5.41, 5.74) is 0. The number of hydrogen-bond donors (Lipinski definition) is 3. The van der Waals surface area contributed by atoms with E-state index in [2.05, 4.69) is 55.6 Å². The molecule has 0 rings (SSSR count). The zero-order valence-electron chi connectivity index (χ0n) is 29.4. The van der Waals surface area contributed by atoms with Gasteiger partial charge in [-0.3, -0.25) is 4.79 Å².